The summed E-state index contributed by atoms with van der Waals surface area (Å²) in [4.78, 5) is 69.5. The van der Waals surface area contributed by atoms with Crippen molar-refractivity contribution in [2.24, 2.45) is 29.1 Å². The average Bonchev–Trinajstić information content (AvgIpc) is 3.55. The molecular formula is C33H37N3O6S2. The summed E-state index contributed by atoms with van der Waals surface area (Å²) in [6, 6.07) is 4.09. The monoisotopic (exact) mass is 635 g/mol. The molecule has 8 rings (SSSR count). The van der Waals surface area contributed by atoms with Crippen LogP contribution in [0.1, 0.15) is 103 Å². The SMILES string of the molecule is CC(CCC12CC3CC(CC(C3)C1)C2)C(=O)OCc1nc(CSc2cccc3c2C(=O)N(C2CCC(=O)NC2=O)C3=O)cs1. The molecule has 5 fully saturated rings. The van der Waals surface area contributed by atoms with Gasteiger partial charge in [0.1, 0.15) is 17.7 Å². The Kier molecular flexibility index (Phi) is 7.89. The Morgan fingerprint density at radius 1 is 1.11 bits per heavy atom. The first kappa shape index (κ1) is 29.6. The van der Waals surface area contributed by atoms with Crippen LogP contribution >= 0.6 is 23.1 Å². The Morgan fingerprint density at radius 2 is 1.84 bits per heavy atom. The topological polar surface area (TPSA) is 123 Å². The van der Waals surface area contributed by atoms with E-state index in [1.807, 2.05) is 12.3 Å². The maximum Gasteiger partial charge on any atom is 0.309 e. The van der Waals surface area contributed by atoms with Crippen LogP contribution in [-0.4, -0.2) is 45.5 Å². The number of esters is 1. The van der Waals surface area contributed by atoms with Gasteiger partial charge in [-0.05, 0) is 93.1 Å². The lowest BCUT2D eigenvalue weighted by molar-refractivity contribution is -0.150. The second-order valence-electron chi connectivity index (χ2n) is 13.6. The highest BCUT2D eigenvalue weighted by molar-refractivity contribution is 7.98. The van der Waals surface area contributed by atoms with Gasteiger partial charge in [-0.1, -0.05) is 13.0 Å². The predicted octanol–water partition coefficient (Wildman–Crippen LogP) is 5.51. The number of nitrogens with zero attached hydrogens (tertiary/aromatic N) is 2. The van der Waals surface area contributed by atoms with Crippen LogP contribution in [0, 0.1) is 29.1 Å². The third kappa shape index (κ3) is 5.62. The normalized spacial score (nSPS) is 29.6. The van der Waals surface area contributed by atoms with E-state index < -0.39 is 29.7 Å². The smallest absolute Gasteiger partial charge is 0.309 e. The number of ether oxygens (including phenoxy) is 1. The molecule has 2 aliphatic heterocycles. The number of imide groups is 2. The van der Waals surface area contributed by atoms with E-state index in [2.05, 4.69) is 10.3 Å². The van der Waals surface area contributed by atoms with Gasteiger partial charge >= 0.3 is 5.97 Å². The molecule has 2 aromatic rings. The Morgan fingerprint density at radius 3 is 2.55 bits per heavy atom. The molecule has 232 valence electrons. The highest BCUT2D eigenvalue weighted by Crippen LogP contribution is 2.61. The summed E-state index contributed by atoms with van der Waals surface area (Å²) < 4.78 is 5.67. The number of hydrogen-bond acceptors (Lipinski definition) is 9. The fourth-order valence-corrected chi connectivity index (χ4v) is 10.5. The van der Waals surface area contributed by atoms with Gasteiger partial charge in [0.15, 0.2) is 0 Å². The van der Waals surface area contributed by atoms with Crippen molar-refractivity contribution in [2.45, 2.75) is 94.4 Å². The Bertz CT molecular complexity index is 1500. The number of nitrogens with one attached hydrogen (secondary N) is 1. The van der Waals surface area contributed by atoms with E-state index in [1.54, 1.807) is 18.2 Å². The van der Waals surface area contributed by atoms with Crippen LogP contribution in [0.2, 0.25) is 0 Å². The van der Waals surface area contributed by atoms with Crippen LogP contribution in [-0.2, 0) is 31.5 Å². The Labute approximate surface area is 264 Å². The minimum absolute atomic E-state index is 0.0770. The van der Waals surface area contributed by atoms with E-state index >= 15 is 0 Å². The number of piperidine rings is 1. The van der Waals surface area contributed by atoms with E-state index in [-0.39, 0.29) is 42.5 Å². The van der Waals surface area contributed by atoms with Gasteiger partial charge in [0.2, 0.25) is 11.8 Å². The average molecular weight is 636 g/mol. The van der Waals surface area contributed by atoms with Gasteiger partial charge < -0.3 is 4.74 Å². The molecule has 3 heterocycles. The maximum atomic E-state index is 13.3. The number of carbonyl (C=O) groups is 5. The van der Waals surface area contributed by atoms with Gasteiger partial charge in [-0.2, -0.15) is 0 Å². The van der Waals surface area contributed by atoms with Crippen LogP contribution in [0.5, 0.6) is 0 Å². The molecule has 44 heavy (non-hydrogen) atoms. The van der Waals surface area contributed by atoms with Crippen LogP contribution in [0.3, 0.4) is 0 Å². The molecule has 0 radical (unpaired) electrons. The van der Waals surface area contributed by atoms with Gasteiger partial charge in [0, 0.05) is 22.4 Å². The number of hydrogen-bond donors (Lipinski definition) is 1. The van der Waals surface area contributed by atoms with Crippen molar-refractivity contribution < 1.29 is 28.7 Å². The van der Waals surface area contributed by atoms with Crippen LogP contribution in [0.25, 0.3) is 0 Å². The summed E-state index contributed by atoms with van der Waals surface area (Å²) in [7, 11) is 0. The molecule has 4 saturated carbocycles. The first-order valence-electron chi connectivity index (χ1n) is 15.8. The molecular weight excluding hydrogens is 599 g/mol. The third-order valence-electron chi connectivity index (χ3n) is 10.4. The number of carbonyl (C=O) groups excluding carboxylic acids is 5. The van der Waals surface area contributed by atoms with Crippen molar-refractivity contribution in [3.8, 4) is 0 Å². The summed E-state index contributed by atoms with van der Waals surface area (Å²) in [5.41, 5.74) is 1.79. The van der Waals surface area contributed by atoms with Gasteiger partial charge in [-0.3, -0.25) is 34.2 Å². The maximum absolute atomic E-state index is 13.3. The lowest BCUT2D eigenvalue weighted by atomic mass is 9.48. The van der Waals surface area contributed by atoms with Crippen molar-refractivity contribution >= 4 is 52.7 Å². The molecule has 2 atom stereocenters. The molecule has 2 unspecified atom stereocenters. The van der Waals surface area contributed by atoms with Gasteiger partial charge in [-0.25, -0.2) is 4.98 Å². The fraction of sp³-hybridized carbons (Fsp3) is 0.576. The van der Waals surface area contributed by atoms with Crippen LogP contribution < -0.4 is 5.32 Å². The van der Waals surface area contributed by atoms with Gasteiger partial charge in [0.25, 0.3) is 11.8 Å². The molecule has 4 bridgehead atoms. The first-order valence-corrected chi connectivity index (χ1v) is 17.6. The van der Waals surface area contributed by atoms with Crippen LogP contribution in [0.15, 0.2) is 28.5 Å². The minimum Gasteiger partial charge on any atom is -0.458 e. The molecule has 1 saturated heterocycles. The molecule has 1 aromatic carbocycles. The highest BCUT2D eigenvalue weighted by Gasteiger charge is 2.50. The summed E-state index contributed by atoms with van der Waals surface area (Å²) >= 11 is 2.82. The molecule has 6 aliphatic rings. The molecule has 1 N–H and O–H groups in total. The van der Waals surface area contributed by atoms with E-state index in [9.17, 15) is 24.0 Å². The lowest BCUT2D eigenvalue weighted by Crippen LogP contribution is -2.54. The number of amides is 4. The molecule has 0 spiro atoms. The van der Waals surface area contributed by atoms with E-state index in [0.717, 1.165) is 46.2 Å². The molecule has 11 heteroatoms. The van der Waals surface area contributed by atoms with Crippen molar-refractivity contribution in [1.82, 2.24) is 15.2 Å². The quantitative estimate of drug-likeness (QED) is 0.206. The molecule has 4 aliphatic carbocycles. The summed E-state index contributed by atoms with van der Waals surface area (Å²) in [5, 5.41) is 4.86. The number of thioether (sulfide) groups is 1. The first-order chi connectivity index (χ1) is 21.2. The summed E-state index contributed by atoms with van der Waals surface area (Å²) in [6.07, 6.45) is 10.6. The zero-order chi connectivity index (χ0) is 30.6. The second kappa shape index (κ2) is 11.7. The second-order valence-corrected chi connectivity index (χ2v) is 15.6. The summed E-state index contributed by atoms with van der Waals surface area (Å²) in [5.74, 6) is 0.844. The summed E-state index contributed by atoms with van der Waals surface area (Å²) in [6.45, 7) is 2.13. The Balaban J connectivity index is 0.914. The van der Waals surface area contributed by atoms with E-state index in [1.165, 1.54) is 61.6 Å². The fourth-order valence-electron chi connectivity index (χ4n) is 8.75. The molecule has 1 aromatic heterocycles. The largest absolute Gasteiger partial charge is 0.458 e. The lowest BCUT2D eigenvalue weighted by Gasteiger charge is -2.57. The number of thiazole rings is 1. The minimum atomic E-state index is -0.999. The number of benzene rings is 1. The standard InChI is InChI=1S/C33H37N3O6S2/c1-18(7-8-33-12-19-9-20(13-33)11-21(10-19)14-33)32(41)42-15-27-34-22(17-44-27)16-43-25-4-2-3-23-28(25)31(40)36(30(23)39)24-5-6-26(37)35-29(24)38/h2-4,17-21,24H,5-16H2,1H3,(H,35,37,38). The van der Waals surface area contributed by atoms with Crippen molar-refractivity contribution in [2.75, 3.05) is 0 Å². The highest BCUT2D eigenvalue weighted by atomic mass is 32.2. The van der Waals surface area contributed by atoms with Crippen molar-refractivity contribution in [3.05, 3.63) is 45.4 Å². The van der Waals surface area contributed by atoms with Crippen LogP contribution in [0.4, 0.5) is 0 Å². The zero-order valence-corrected chi connectivity index (χ0v) is 26.5. The zero-order valence-electron chi connectivity index (χ0n) is 24.8. The molecule has 9 nitrogen and oxygen atoms in total. The van der Waals surface area contributed by atoms with Gasteiger partial charge in [0.05, 0.1) is 22.7 Å². The van der Waals surface area contributed by atoms with Crippen molar-refractivity contribution in [1.29, 1.82) is 0 Å². The predicted molar refractivity (Wildman–Crippen MR) is 164 cm³/mol. The van der Waals surface area contributed by atoms with Crippen molar-refractivity contribution in [3.63, 3.8) is 0 Å². The number of rotatable bonds is 10. The van der Waals surface area contributed by atoms with E-state index in [4.69, 9.17) is 4.74 Å². The number of fused-ring (bicyclic) bond motifs is 1. The van der Waals surface area contributed by atoms with Gasteiger partial charge in [-0.15, -0.1) is 23.1 Å². The number of aromatic nitrogens is 1. The van der Waals surface area contributed by atoms with E-state index in [0.29, 0.717) is 16.1 Å². The third-order valence-corrected chi connectivity index (χ3v) is 12.4. The molecule has 4 amide bonds. The Hall–Kier alpha value is -3.05.